The van der Waals surface area contributed by atoms with Gasteiger partial charge in [-0.1, -0.05) is 0 Å². The van der Waals surface area contributed by atoms with Gasteiger partial charge in [0, 0.05) is 171 Å². The van der Waals surface area contributed by atoms with Crippen LogP contribution in [0, 0.1) is 6.92 Å². The van der Waals surface area contributed by atoms with Crippen molar-refractivity contribution in [2.45, 2.75) is 144 Å². The fourth-order valence-corrected chi connectivity index (χ4v) is 15.4. The number of hydrogen-bond acceptors (Lipinski definition) is 24. The van der Waals surface area contributed by atoms with Gasteiger partial charge in [0.15, 0.2) is 0 Å². The summed E-state index contributed by atoms with van der Waals surface area (Å²) in [6.07, 6.45) is 17.4. The number of nitrogens with one attached hydrogen (secondary N) is 5. The topological polar surface area (TPSA) is 314 Å². The van der Waals surface area contributed by atoms with E-state index in [2.05, 4.69) is 182 Å². The zero-order valence-corrected chi connectivity index (χ0v) is 68.7. The highest BCUT2D eigenvalue weighted by Crippen LogP contribution is 2.42. The predicted octanol–water partition coefficient (Wildman–Crippen LogP) is 15.1. The van der Waals surface area contributed by atoms with E-state index in [9.17, 15) is 0 Å². The van der Waals surface area contributed by atoms with Crippen LogP contribution in [0.15, 0.2) is 107 Å². The molecule has 1 fully saturated rings. The maximum absolute atomic E-state index is 9.05. The molecule has 0 aliphatic carbocycles. The number of rotatable bonds is 17. The standard InChI is InChI=1S/C18H25N5OS.C15H17BrN4S.C14H17N5OS.C12H15BrN2S.C10H17BN2O2.C3H9NO/c1-18(2,3)22-16-9-13(19-6-5-7-24)17-14(21-16)8-15(25-17)12-10-20-23(4)11-12;1-15(2,3)19-13-5-10(16)14-11(18-13)6-12(21-14)9-7-17-20(4)8-9;1-19-8-9(7-17-19)12-5-11-14(21-12)10(6-13(15)18-11)16-3-2-4-20;1-7-5-9-11(16-7)8(13)6-10(14-9)15-12(2,3)4;1-9(2)10(3,4)15-11(14-9)8-6-12-13(5)7-8;4-2-1-3-5/h8-11,24H,5-7H2,1-4H3,(H2,19,21,22);5-8H,1-4H3,(H,18,19);5-8,20H,2-4H2,1H3,(H3,15,16,18);5-6H,1-4H3,(H,14,15);6-7H,1-5H3;5H,1-4H2. The van der Waals surface area contributed by atoms with Gasteiger partial charge in [0.05, 0.1) is 82.0 Å². The van der Waals surface area contributed by atoms with Gasteiger partial charge in [0.2, 0.25) is 0 Å². The molecular weight excluding hydrogens is 1510 g/mol. The molecule has 0 aromatic carbocycles. The van der Waals surface area contributed by atoms with Crippen molar-refractivity contribution in [1.82, 2.24) is 59.1 Å². The molecular formula is C72H100BBr2N19O5S4. The van der Waals surface area contributed by atoms with E-state index in [-0.39, 0.29) is 54.8 Å². The summed E-state index contributed by atoms with van der Waals surface area (Å²) in [7, 11) is 7.33. The monoisotopic (exact) mass is 1610 g/mol. The van der Waals surface area contributed by atoms with E-state index < -0.39 is 0 Å². The molecule has 1 aliphatic heterocycles. The van der Waals surface area contributed by atoms with Crippen molar-refractivity contribution in [3.8, 4) is 31.3 Å². The molecule has 13 heterocycles. The molecule has 0 atom stereocenters. The Kier molecular flexibility index (Phi) is 27.9. The van der Waals surface area contributed by atoms with E-state index >= 15 is 0 Å². The molecule has 0 spiro atoms. The fourth-order valence-electron chi connectivity index (χ4n) is 10.1. The van der Waals surface area contributed by atoms with Gasteiger partial charge in [-0.3, -0.25) is 18.7 Å². The van der Waals surface area contributed by atoms with Crippen molar-refractivity contribution in [3.63, 3.8) is 0 Å². The van der Waals surface area contributed by atoms with Crippen molar-refractivity contribution in [2.75, 3.05) is 71.8 Å². The fraction of sp³-hybridized carbons (Fsp3) is 0.444. The number of aromatic nitrogens is 12. The third-order valence-corrected chi connectivity index (χ3v) is 21.8. The molecule has 0 amide bonds. The summed E-state index contributed by atoms with van der Waals surface area (Å²) in [6.45, 7) is 32.0. The highest BCUT2D eigenvalue weighted by Gasteiger charge is 2.52. The van der Waals surface area contributed by atoms with Crippen LogP contribution in [-0.4, -0.2) is 149 Å². The van der Waals surface area contributed by atoms with E-state index in [1.54, 1.807) is 65.6 Å². The molecule has 0 bridgehead atoms. The summed E-state index contributed by atoms with van der Waals surface area (Å²) >= 11 is 14.1. The van der Waals surface area contributed by atoms with Crippen LogP contribution in [-0.2, 0) is 37.5 Å². The number of halogens is 2. The number of fused-ring (bicyclic) bond motifs is 4. The summed E-state index contributed by atoms with van der Waals surface area (Å²) in [5, 5.41) is 59.7. The largest absolute Gasteiger partial charge is 0.498 e. The van der Waals surface area contributed by atoms with Crippen LogP contribution in [0.3, 0.4) is 0 Å². The Bertz CT molecular complexity index is 4710. The lowest BCUT2D eigenvalue weighted by Crippen LogP contribution is -2.41. The Morgan fingerprint density at radius 1 is 0.485 bits per heavy atom. The Morgan fingerprint density at radius 3 is 1.21 bits per heavy atom. The van der Waals surface area contributed by atoms with Crippen molar-refractivity contribution < 1.29 is 24.6 Å². The number of anilines is 6. The average Bonchev–Trinajstić information content (AvgIpc) is 1.70. The maximum Gasteiger partial charge on any atom is 0.498 e. The Labute approximate surface area is 637 Å². The minimum atomic E-state index is -0.302. The molecule has 13 rings (SSSR count). The number of aliphatic hydroxyl groups excluding tert-OH is 3. The lowest BCUT2D eigenvalue weighted by Gasteiger charge is -2.32. The molecule has 1 aliphatic rings. The quantitative estimate of drug-likeness (QED) is 0.0299. The lowest BCUT2D eigenvalue weighted by molar-refractivity contribution is 0.00578. The first-order valence-electron chi connectivity index (χ1n) is 33.9. The van der Waals surface area contributed by atoms with Gasteiger partial charge in [-0.25, -0.2) is 19.9 Å². The van der Waals surface area contributed by atoms with Gasteiger partial charge < -0.3 is 62.7 Å². The van der Waals surface area contributed by atoms with Gasteiger partial charge in [0.1, 0.15) is 23.3 Å². The van der Waals surface area contributed by atoms with Crippen molar-refractivity contribution >= 4 is 165 Å². The van der Waals surface area contributed by atoms with Gasteiger partial charge in [0.25, 0.3) is 0 Å². The summed E-state index contributed by atoms with van der Waals surface area (Å²) in [5.74, 6) is 3.15. The number of aryl methyl sites for hydroxylation is 5. The third kappa shape index (κ3) is 23.4. The first-order chi connectivity index (χ1) is 48.4. The number of aliphatic hydroxyl groups is 3. The van der Waals surface area contributed by atoms with Crippen molar-refractivity contribution in [2.24, 2.45) is 33.9 Å². The number of nitrogens with two attached hydrogens (primary N) is 2. The first-order valence-corrected chi connectivity index (χ1v) is 38.8. The average molecular weight is 1610 g/mol. The van der Waals surface area contributed by atoms with E-state index in [1.165, 1.54) is 14.5 Å². The van der Waals surface area contributed by atoms with Gasteiger partial charge in [-0.05, 0) is 191 Å². The Balaban J connectivity index is 0.000000162. The Hall–Kier alpha value is -7.14. The van der Waals surface area contributed by atoms with Crippen LogP contribution in [0.4, 0.5) is 34.6 Å². The number of hydrogen-bond donors (Lipinski definition) is 10. The molecule has 554 valence electrons. The molecule has 0 radical (unpaired) electrons. The van der Waals surface area contributed by atoms with E-state index in [0.29, 0.717) is 31.7 Å². The molecule has 0 saturated carbocycles. The van der Waals surface area contributed by atoms with Crippen LogP contribution < -0.4 is 43.5 Å². The number of nitrogen functional groups attached to an aromatic ring is 1. The number of nitrogens with zero attached hydrogens (tertiary/aromatic N) is 12. The summed E-state index contributed by atoms with van der Waals surface area (Å²) in [6, 6.07) is 16.4. The lowest BCUT2D eigenvalue weighted by atomic mass is 9.82. The molecule has 24 nitrogen and oxygen atoms in total. The van der Waals surface area contributed by atoms with E-state index in [1.807, 2.05) is 128 Å². The normalized spacial score (nSPS) is 13.3. The molecule has 103 heavy (non-hydrogen) atoms. The second-order valence-electron chi connectivity index (χ2n) is 28.9. The van der Waals surface area contributed by atoms with Crippen LogP contribution in [0.25, 0.3) is 72.2 Å². The van der Waals surface area contributed by atoms with Gasteiger partial charge in [-0.15, -0.1) is 45.3 Å². The van der Waals surface area contributed by atoms with Gasteiger partial charge in [-0.2, -0.15) is 20.4 Å². The highest BCUT2D eigenvalue weighted by atomic mass is 79.9. The second-order valence-corrected chi connectivity index (χ2v) is 35.0. The van der Waals surface area contributed by atoms with E-state index in [0.717, 1.165) is 119 Å². The first kappa shape index (κ1) is 81.5. The van der Waals surface area contributed by atoms with Crippen molar-refractivity contribution in [1.29, 1.82) is 0 Å². The molecule has 12 aromatic heterocycles. The van der Waals surface area contributed by atoms with Crippen molar-refractivity contribution in [3.05, 3.63) is 112 Å². The summed E-state index contributed by atoms with van der Waals surface area (Å²) in [5.41, 5.74) is 20.4. The molecule has 0 unspecified atom stereocenters. The van der Waals surface area contributed by atoms with Crippen LogP contribution in [0.1, 0.15) is 114 Å². The molecule has 31 heteroatoms. The SMILES string of the molecule is Cc1cc2nc(NC(C)(C)C)cc(Br)c2s1.Cn1cc(-c2cc3nc(N)cc(NCCCO)c3s2)cn1.Cn1cc(-c2cc3nc(NC(C)(C)C)cc(Br)c3s2)cn1.Cn1cc(-c2cc3nc(NC(C)(C)C)cc(NCCCO)c3s2)cn1.Cn1cc(B2OC(C)(C)C(C)(C)O2)cn1.NCCCO. The molecule has 12 N–H and O–H groups in total. The predicted molar refractivity (Wildman–Crippen MR) is 440 cm³/mol. The van der Waals surface area contributed by atoms with Crippen LogP contribution >= 0.6 is 77.2 Å². The van der Waals surface area contributed by atoms with Crippen LogP contribution in [0.2, 0.25) is 0 Å². The minimum absolute atomic E-state index is 0.0116. The van der Waals surface area contributed by atoms with Gasteiger partial charge >= 0.3 is 7.12 Å². The van der Waals surface area contributed by atoms with Crippen LogP contribution in [0.5, 0.6) is 0 Å². The maximum atomic E-state index is 9.05. The summed E-state index contributed by atoms with van der Waals surface area (Å²) < 4.78 is 25.7. The second kappa shape index (κ2) is 35.3. The third-order valence-electron chi connectivity index (χ3n) is 15.4. The number of pyridine rings is 4. The summed E-state index contributed by atoms with van der Waals surface area (Å²) in [4.78, 5) is 23.2. The molecule has 1 saturated heterocycles. The number of thiophene rings is 4. The van der Waals surface area contributed by atoms with E-state index in [4.69, 9.17) is 46.1 Å². The smallest absolute Gasteiger partial charge is 0.399 e. The minimum Gasteiger partial charge on any atom is -0.399 e. The Morgan fingerprint density at radius 2 is 0.845 bits per heavy atom. The highest BCUT2D eigenvalue weighted by molar-refractivity contribution is 9.11. The zero-order chi connectivity index (χ0) is 75.4. The zero-order valence-electron chi connectivity index (χ0n) is 62.2. The molecule has 12 aromatic rings.